The van der Waals surface area contributed by atoms with Gasteiger partial charge in [-0.05, 0) is 34.6 Å². The molecule has 200 valence electrons. The van der Waals surface area contributed by atoms with Crippen molar-refractivity contribution in [2.45, 2.75) is 114 Å². The summed E-state index contributed by atoms with van der Waals surface area (Å²) in [5.74, 6) is -0.734. The van der Waals surface area contributed by atoms with E-state index in [0.29, 0.717) is 0 Å². The van der Waals surface area contributed by atoms with Crippen molar-refractivity contribution in [2.24, 2.45) is 5.73 Å². The van der Waals surface area contributed by atoms with Crippen molar-refractivity contribution < 1.29 is 58.7 Å². The topological polar surface area (TPSA) is 200 Å². The standard InChI is InChI=1S/C21H39NO12/c1-8(2)30-17-11(6-23)32-21(16(27)13(17)24)34-18-12(7-29-19(28)10(5)22)33-20(31-9(3)4)15(26)14(18)25/h8-18,20-21,23-27H,6-7,22H2,1-5H3. The van der Waals surface area contributed by atoms with Crippen molar-refractivity contribution in [1.82, 2.24) is 0 Å². The molecule has 0 aromatic carbocycles. The van der Waals surface area contributed by atoms with Gasteiger partial charge in [0.2, 0.25) is 0 Å². The molecule has 0 amide bonds. The average molecular weight is 498 g/mol. The van der Waals surface area contributed by atoms with Crippen LogP contribution in [0.3, 0.4) is 0 Å². The highest BCUT2D eigenvalue weighted by atomic mass is 16.7. The first-order valence-corrected chi connectivity index (χ1v) is 11.4. The summed E-state index contributed by atoms with van der Waals surface area (Å²) in [6.07, 6.45) is -14.4. The van der Waals surface area contributed by atoms with E-state index >= 15 is 0 Å². The maximum atomic E-state index is 11.9. The molecule has 0 aromatic rings. The number of carbonyl (C=O) groups excluding carboxylic acids is 1. The first-order chi connectivity index (χ1) is 15.9. The predicted molar refractivity (Wildman–Crippen MR) is 114 cm³/mol. The van der Waals surface area contributed by atoms with Crippen molar-refractivity contribution in [1.29, 1.82) is 0 Å². The summed E-state index contributed by atoms with van der Waals surface area (Å²) in [7, 11) is 0. The second kappa shape index (κ2) is 12.8. The zero-order chi connectivity index (χ0) is 25.7. The molecule has 11 atom stereocenters. The Morgan fingerprint density at radius 1 is 0.824 bits per heavy atom. The zero-order valence-electron chi connectivity index (χ0n) is 20.1. The fourth-order valence-electron chi connectivity index (χ4n) is 3.69. The molecule has 2 aliphatic heterocycles. The van der Waals surface area contributed by atoms with Crippen LogP contribution in [0.25, 0.3) is 0 Å². The van der Waals surface area contributed by atoms with Crippen molar-refractivity contribution in [3.8, 4) is 0 Å². The van der Waals surface area contributed by atoms with Gasteiger partial charge in [-0.25, -0.2) is 0 Å². The van der Waals surface area contributed by atoms with E-state index in [4.69, 9.17) is 34.2 Å². The molecule has 0 aliphatic carbocycles. The molecule has 0 bridgehead atoms. The second-order valence-electron chi connectivity index (χ2n) is 9.08. The molecule has 13 nitrogen and oxygen atoms in total. The SMILES string of the molecule is CC(C)OC1OC(COC(=O)C(C)N)C(OC2OC(CO)C(OC(C)C)C(O)C2O)C(O)C1O. The fraction of sp³-hybridized carbons (Fsp3) is 0.952. The van der Waals surface area contributed by atoms with Crippen LogP contribution in [0.1, 0.15) is 34.6 Å². The molecule has 0 aromatic heterocycles. The molecule has 2 fully saturated rings. The van der Waals surface area contributed by atoms with Gasteiger partial charge in [0.05, 0.1) is 18.8 Å². The third-order valence-electron chi connectivity index (χ3n) is 5.35. The molecule has 13 heteroatoms. The number of ether oxygens (including phenoxy) is 6. The predicted octanol–water partition coefficient (Wildman–Crippen LogP) is -2.63. The van der Waals surface area contributed by atoms with Gasteiger partial charge in [-0.1, -0.05) is 0 Å². The lowest BCUT2D eigenvalue weighted by Gasteiger charge is -2.47. The van der Waals surface area contributed by atoms with Crippen molar-refractivity contribution in [3.63, 3.8) is 0 Å². The molecule has 2 heterocycles. The van der Waals surface area contributed by atoms with Gasteiger partial charge in [0.15, 0.2) is 12.6 Å². The van der Waals surface area contributed by atoms with Crippen LogP contribution in [-0.4, -0.2) is 124 Å². The van der Waals surface area contributed by atoms with Crippen LogP contribution < -0.4 is 5.73 Å². The van der Waals surface area contributed by atoms with Gasteiger partial charge in [-0.2, -0.15) is 0 Å². The Labute approximate surface area is 198 Å². The Kier molecular flexibility index (Phi) is 11.0. The monoisotopic (exact) mass is 497 g/mol. The minimum Gasteiger partial charge on any atom is -0.462 e. The Bertz CT molecular complexity index is 633. The molecule has 34 heavy (non-hydrogen) atoms. The lowest BCUT2D eigenvalue weighted by molar-refractivity contribution is -0.364. The van der Waals surface area contributed by atoms with Crippen LogP contribution in [0.15, 0.2) is 0 Å². The number of aliphatic hydroxyl groups excluding tert-OH is 5. The zero-order valence-corrected chi connectivity index (χ0v) is 20.1. The van der Waals surface area contributed by atoms with E-state index in [0.717, 1.165) is 0 Å². The van der Waals surface area contributed by atoms with Gasteiger partial charge in [0, 0.05) is 0 Å². The summed E-state index contributed by atoms with van der Waals surface area (Å²) in [4.78, 5) is 11.9. The van der Waals surface area contributed by atoms with E-state index in [1.54, 1.807) is 27.7 Å². The Hall–Kier alpha value is -0.970. The minimum atomic E-state index is -1.63. The summed E-state index contributed by atoms with van der Waals surface area (Å²) in [5.41, 5.74) is 5.51. The smallest absolute Gasteiger partial charge is 0.322 e. The van der Waals surface area contributed by atoms with Gasteiger partial charge in [-0.3, -0.25) is 4.79 Å². The second-order valence-corrected chi connectivity index (χ2v) is 9.08. The molecule has 2 aliphatic rings. The van der Waals surface area contributed by atoms with Gasteiger partial charge in [0.1, 0.15) is 61.5 Å². The molecule has 11 unspecified atom stereocenters. The molecular formula is C21H39NO12. The normalized spacial score (nSPS) is 39.9. The third kappa shape index (κ3) is 7.27. The Balaban J connectivity index is 2.21. The van der Waals surface area contributed by atoms with Crippen molar-refractivity contribution in [2.75, 3.05) is 13.2 Å². The van der Waals surface area contributed by atoms with Crippen LogP contribution in [0.5, 0.6) is 0 Å². The van der Waals surface area contributed by atoms with E-state index in [1.807, 2.05) is 0 Å². The molecule has 0 saturated carbocycles. The fourth-order valence-corrected chi connectivity index (χ4v) is 3.69. The van der Waals surface area contributed by atoms with E-state index in [1.165, 1.54) is 6.92 Å². The number of carbonyl (C=O) groups is 1. The largest absolute Gasteiger partial charge is 0.462 e. The van der Waals surface area contributed by atoms with Gasteiger partial charge in [0.25, 0.3) is 0 Å². The minimum absolute atomic E-state index is 0.326. The van der Waals surface area contributed by atoms with Crippen LogP contribution in [0, 0.1) is 0 Å². The first kappa shape index (κ1) is 29.3. The molecule has 2 rings (SSSR count). The first-order valence-electron chi connectivity index (χ1n) is 11.4. The number of rotatable bonds is 10. The Morgan fingerprint density at radius 2 is 1.35 bits per heavy atom. The summed E-state index contributed by atoms with van der Waals surface area (Å²) in [6, 6.07) is -0.914. The highest BCUT2D eigenvalue weighted by molar-refractivity contribution is 5.74. The summed E-state index contributed by atoms with van der Waals surface area (Å²) >= 11 is 0. The highest BCUT2D eigenvalue weighted by Gasteiger charge is 2.52. The lowest BCUT2D eigenvalue weighted by Crippen LogP contribution is -2.65. The van der Waals surface area contributed by atoms with Crippen LogP contribution in [-0.2, 0) is 33.2 Å². The highest BCUT2D eigenvalue weighted by Crippen LogP contribution is 2.31. The van der Waals surface area contributed by atoms with Gasteiger partial charge >= 0.3 is 5.97 Å². The maximum Gasteiger partial charge on any atom is 0.322 e. The molecular weight excluding hydrogens is 458 g/mol. The average Bonchev–Trinajstić information content (AvgIpc) is 2.76. The number of aliphatic hydroxyl groups is 5. The lowest BCUT2D eigenvalue weighted by atomic mass is 9.96. The summed E-state index contributed by atoms with van der Waals surface area (Å²) in [5, 5.41) is 52.1. The molecule has 7 N–H and O–H groups in total. The van der Waals surface area contributed by atoms with Crippen molar-refractivity contribution in [3.05, 3.63) is 0 Å². The Morgan fingerprint density at radius 3 is 1.88 bits per heavy atom. The molecule has 0 radical (unpaired) electrons. The van der Waals surface area contributed by atoms with E-state index in [-0.39, 0.29) is 12.2 Å². The third-order valence-corrected chi connectivity index (χ3v) is 5.35. The van der Waals surface area contributed by atoms with Crippen LogP contribution in [0.2, 0.25) is 0 Å². The van der Waals surface area contributed by atoms with E-state index in [2.05, 4.69) is 0 Å². The van der Waals surface area contributed by atoms with Gasteiger partial charge in [-0.15, -0.1) is 0 Å². The molecule has 2 saturated heterocycles. The van der Waals surface area contributed by atoms with Gasteiger partial charge < -0.3 is 59.7 Å². The number of esters is 1. The van der Waals surface area contributed by atoms with Crippen LogP contribution >= 0.6 is 0 Å². The quantitative estimate of drug-likeness (QED) is 0.171. The molecule has 0 spiro atoms. The van der Waals surface area contributed by atoms with E-state index < -0.39 is 86.6 Å². The van der Waals surface area contributed by atoms with E-state index in [9.17, 15) is 30.3 Å². The van der Waals surface area contributed by atoms with Crippen molar-refractivity contribution >= 4 is 5.97 Å². The van der Waals surface area contributed by atoms with Crippen LogP contribution in [0.4, 0.5) is 0 Å². The number of hydrogen-bond donors (Lipinski definition) is 6. The number of nitrogens with two attached hydrogens (primary N) is 1. The summed E-state index contributed by atoms with van der Waals surface area (Å²) < 4.78 is 33.2. The number of hydrogen-bond acceptors (Lipinski definition) is 13. The maximum absolute atomic E-state index is 11.9. The summed E-state index contributed by atoms with van der Waals surface area (Å²) in [6.45, 7) is 7.31.